The van der Waals surface area contributed by atoms with E-state index >= 15 is 0 Å². The van der Waals surface area contributed by atoms with Crippen LogP contribution in [0.2, 0.25) is 0 Å². The first kappa shape index (κ1) is 22.7. The van der Waals surface area contributed by atoms with Crippen LogP contribution in [-0.2, 0) is 14.1 Å². The fourth-order valence-corrected chi connectivity index (χ4v) is 5.22. The molecule has 37 heavy (non-hydrogen) atoms. The van der Waals surface area contributed by atoms with Crippen LogP contribution in [0.1, 0.15) is 22.7 Å². The number of hydrogen-bond donors (Lipinski definition) is 1. The lowest BCUT2D eigenvalue weighted by Crippen LogP contribution is -2.37. The molecule has 0 spiro atoms. The minimum atomic E-state index is -0.364. The van der Waals surface area contributed by atoms with Gasteiger partial charge in [0.15, 0.2) is 0 Å². The highest BCUT2D eigenvalue weighted by Gasteiger charge is 2.32. The summed E-state index contributed by atoms with van der Waals surface area (Å²) in [6, 6.07) is 27.9. The van der Waals surface area contributed by atoms with Crippen molar-refractivity contribution in [2.24, 2.45) is 14.1 Å². The first-order valence-corrected chi connectivity index (χ1v) is 12.1. The molecule has 3 aromatic carbocycles. The SMILES string of the molecule is COc1ccc(-c2c3c(=O)n(C)c(=O)n(C)c3c3n2NC(c2ccccc2)=CC3c2ccccc2)cc1. The molecule has 0 saturated carbocycles. The molecule has 5 aromatic rings. The Bertz CT molecular complexity index is 1780. The van der Waals surface area contributed by atoms with Gasteiger partial charge >= 0.3 is 5.69 Å². The number of methoxy groups -OCH3 is 1. The first-order valence-electron chi connectivity index (χ1n) is 12.1. The van der Waals surface area contributed by atoms with Crippen LogP contribution in [0, 0.1) is 0 Å². The molecule has 7 heteroatoms. The number of hydrogen-bond acceptors (Lipinski definition) is 4. The van der Waals surface area contributed by atoms with Crippen LogP contribution in [0.4, 0.5) is 0 Å². The van der Waals surface area contributed by atoms with Crippen molar-refractivity contribution in [1.29, 1.82) is 0 Å². The number of aryl methyl sites for hydroxylation is 1. The summed E-state index contributed by atoms with van der Waals surface area (Å²) in [7, 11) is 4.87. The zero-order chi connectivity index (χ0) is 25.7. The lowest BCUT2D eigenvalue weighted by atomic mass is 9.91. The first-order chi connectivity index (χ1) is 18.0. The normalized spacial score (nSPS) is 14.7. The highest BCUT2D eigenvalue weighted by Crippen LogP contribution is 2.42. The average molecular weight is 491 g/mol. The Hall–Kier alpha value is -4.78. The van der Waals surface area contributed by atoms with Crippen molar-refractivity contribution in [3.05, 3.63) is 129 Å². The minimum absolute atomic E-state index is 0.204. The Labute approximate surface area is 213 Å². The maximum absolute atomic E-state index is 13.7. The average Bonchev–Trinajstić information content (AvgIpc) is 3.30. The molecule has 184 valence electrons. The maximum Gasteiger partial charge on any atom is 0.331 e. The van der Waals surface area contributed by atoms with Crippen LogP contribution in [-0.4, -0.2) is 20.9 Å². The van der Waals surface area contributed by atoms with Gasteiger partial charge in [-0.3, -0.25) is 24.0 Å². The predicted octanol–water partition coefficient (Wildman–Crippen LogP) is 4.44. The smallest absolute Gasteiger partial charge is 0.331 e. The van der Waals surface area contributed by atoms with E-state index in [4.69, 9.17) is 4.74 Å². The lowest BCUT2D eigenvalue weighted by Gasteiger charge is -2.28. The van der Waals surface area contributed by atoms with Crippen molar-refractivity contribution in [3.63, 3.8) is 0 Å². The van der Waals surface area contributed by atoms with Crippen molar-refractivity contribution in [2.75, 3.05) is 12.5 Å². The summed E-state index contributed by atoms with van der Waals surface area (Å²) in [5.41, 5.74) is 8.86. The third-order valence-electron chi connectivity index (χ3n) is 7.08. The zero-order valence-electron chi connectivity index (χ0n) is 20.8. The molecule has 1 aliphatic rings. The monoisotopic (exact) mass is 490 g/mol. The third kappa shape index (κ3) is 3.50. The third-order valence-corrected chi connectivity index (χ3v) is 7.08. The maximum atomic E-state index is 13.7. The van der Waals surface area contributed by atoms with E-state index in [9.17, 15) is 9.59 Å². The fourth-order valence-electron chi connectivity index (χ4n) is 5.22. The van der Waals surface area contributed by atoms with Crippen LogP contribution in [0.15, 0.2) is 101 Å². The van der Waals surface area contributed by atoms with Gasteiger partial charge in [-0.2, -0.15) is 0 Å². The van der Waals surface area contributed by atoms with E-state index in [1.165, 1.54) is 11.6 Å². The Morgan fingerprint density at radius 2 is 1.43 bits per heavy atom. The van der Waals surface area contributed by atoms with Gasteiger partial charge in [-0.1, -0.05) is 60.7 Å². The van der Waals surface area contributed by atoms with Crippen molar-refractivity contribution < 1.29 is 4.74 Å². The molecule has 7 nitrogen and oxygen atoms in total. The topological polar surface area (TPSA) is 70.2 Å². The number of aromatic nitrogens is 3. The number of benzene rings is 3. The molecule has 0 bridgehead atoms. The molecule has 0 radical (unpaired) electrons. The zero-order valence-corrected chi connectivity index (χ0v) is 20.8. The predicted molar refractivity (Wildman–Crippen MR) is 146 cm³/mol. The van der Waals surface area contributed by atoms with Gasteiger partial charge in [0.25, 0.3) is 5.56 Å². The van der Waals surface area contributed by atoms with Gasteiger partial charge in [0, 0.05) is 25.6 Å². The minimum Gasteiger partial charge on any atom is -0.497 e. The van der Waals surface area contributed by atoms with Crippen LogP contribution in [0.25, 0.3) is 27.9 Å². The quantitative estimate of drug-likeness (QED) is 0.404. The number of rotatable bonds is 4. The number of fused-ring (bicyclic) bond motifs is 3. The van der Waals surface area contributed by atoms with Gasteiger partial charge in [-0.25, -0.2) is 4.79 Å². The Balaban J connectivity index is 1.76. The van der Waals surface area contributed by atoms with E-state index in [1.54, 1.807) is 18.7 Å². The Kier molecular flexibility index (Phi) is 5.34. The summed E-state index contributed by atoms with van der Waals surface area (Å²) in [6.07, 6.45) is 2.17. The molecule has 0 saturated heterocycles. The summed E-state index contributed by atoms with van der Waals surface area (Å²) < 4.78 is 10.1. The second-order valence-corrected chi connectivity index (χ2v) is 9.17. The van der Waals surface area contributed by atoms with Crippen molar-refractivity contribution in [1.82, 2.24) is 13.8 Å². The molecule has 0 amide bonds. The highest BCUT2D eigenvalue weighted by molar-refractivity contribution is 5.98. The summed E-state index contributed by atoms with van der Waals surface area (Å²) >= 11 is 0. The summed E-state index contributed by atoms with van der Waals surface area (Å²) in [5, 5.41) is 0.487. The summed E-state index contributed by atoms with van der Waals surface area (Å²) in [6.45, 7) is 0. The van der Waals surface area contributed by atoms with Crippen LogP contribution >= 0.6 is 0 Å². The van der Waals surface area contributed by atoms with Crippen molar-refractivity contribution in [3.8, 4) is 17.0 Å². The molecule has 6 rings (SSSR count). The summed E-state index contributed by atoms with van der Waals surface area (Å²) in [5.74, 6) is 0.517. The standard InChI is InChI=1S/C30H26N4O3/c1-32-28-25(29(35)33(2)30(32)36)26(21-14-16-22(37-3)17-15-21)34-27(28)23(19-10-6-4-7-11-19)18-24(31-34)20-12-8-5-9-13-20/h4-18,23,31H,1-3H3. The van der Waals surface area contributed by atoms with Crippen molar-refractivity contribution in [2.45, 2.75) is 5.92 Å². The number of ether oxygens (including phenoxy) is 1. The van der Waals surface area contributed by atoms with Gasteiger partial charge in [-0.15, -0.1) is 0 Å². The Morgan fingerprint density at radius 1 is 0.784 bits per heavy atom. The molecule has 0 fully saturated rings. The molecule has 0 aliphatic carbocycles. The van der Waals surface area contributed by atoms with E-state index in [0.717, 1.165) is 33.8 Å². The Morgan fingerprint density at radius 3 is 2.08 bits per heavy atom. The second kappa shape index (κ2) is 8.71. The molecule has 1 unspecified atom stereocenters. The molecule has 3 heterocycles. The fraction of sp³-hybridized carbons (Fsp3) is 0.133. The number of nitrogens with one attached hydrogen (secondary N) is 1. The van der Waals surface area contributed by atoms with Crippen LogP contribution < -0.4 is 21.4 Å². The largest absolute Gasteiger partial charge is 0.497 e. The van der Waals surface area contributed by atoms with E-state index in [2.05, 4.69) is 35.8 Å². The van der Waals surface area contributed by atoms with E-state index < -0.39 is 0 Å². The van der Waals surface area contributed by atoms with E-state index in [1.807, 2.05) is 65.3 Å². The molecule has 1 atom stereocenters. The van der Waals surface area contributed by atoms with Gasteiger partial charge in [-0.05, 0) is 41.5 Å². The van der Waals surface area contributed by atoms with Crippen LogP contribution in [0.5, 0.6) is 5.75 Å². The van der Waals surface area contributed by atoms with E-state index in [0.29, 0.717) is 16.6 Å². The highest BCUT2D eigenvalue weighted by atomic mass is 16.5. The lowest BCUT2D eigenvalue weighted by molar-refractivity contribution is 0.415. The molecule has 1 N–H and O–H groups in total. The van der Waals surface area contributed by atoms with Gasteiger partial charge in [0.1, 0.15) is 5.75 Å². The molecular formula is C30H26N4O3. The van der Waals surface area contributed by atoms with Gasteiger partial charge in [0.2, 0.25) is 0 Å². The molecule has 1 aliphatic heterocycles. The molecular weight excluding hydrogens is 464 g/mol. The molecule has 2 aromatic heterocycles. The van der Waals surface area contributed by atoms with Crippen LogP contribution in [0.3, 0.4) is 0 Å². The van der Waals surface area contributed by atoms with Gasteiger partial charge in [0.05, 0.1) is 35.1 Å². The number of nitrogens with zero attached hydrogens (tertiary/aromatic N) is 3. The number of allylic oxidation sites excluding steroid dienone is 1. The van der Waals surface area contributed by atoms with Crippen molar-refractivity contribution >= 4 is 16.6 Å². The second-order valence-electron chi connectivity index (χ2n) is 9.17. The summed E-state index contributed by atoms with van der Waals surface area (Å²) in [4.78, 5) is 26.8. The van der Waals surface area contributed by atoms with E-state index in [-0.39, 0.29) is 17.2 Å². The van der Waals surface area contributed by atoms with Gasteiger partial charge < -0.3 is 4.74 Å².